The molecule has 0 aliphatic heterocycles. The van der Waals surface area contributed by atoms with Crippen molar-refractivity contribution in [3.8, 4) is 5.75 Å². The highest BCUT2D eigenvalue weighted by Gasteiger charge is 2.30. The number of hydrogen-bond donors (Lipinski definition) is 2. The highest BCUT2D eigenvalue weighted by molar-refractivity contribution is 14.0. The van der Waals surface area contributed by atoms with Crippen LogP contribution in [0.4, 0.5) is 13.2 Å². The number of thiophene rings is 1. The van der Waals surface area contributed by atoms with Crippen molar-refractivity contribution in [2.45, 2.75) is 25.7 Å². The van der Waals surface area contributed by atoms with Crippen molar-refractivity contribution in [2.75, 3.05) is 6.54 Å². The fourth-order valence-corrected chi connectivity index (χ4v) is 2.74. The van der Waals surface area contributed by atoms with E-state index in [1.165, 1.54) is 29.8 Å². The average Bonchev–Trinajstić information content (AvgIpc) is 3.05. The summed E-state index contributed by atoms with van der Waals surface area (Å²) in [4.78, 5) is 4.17. The fourth-order valence-electron chi connectivity index (χ4n) is 1.96. The van der Waals surface area contributed by atoms with E-state index in [1.807, 2.05) is 5.38 Å². The van der Waals surface area contributed by atoms with E-state index in [-0.39, 0.29) is 36.3 Å². The second-order valence-corrected chi connectivity index (χ2v) is 6.01. The molecule has 1 unspecified atom stereocenters. The summed E-state index contributed by atoms with van der Waals surface area (Å²) in [5, 5.41) is 7.15. The highest BCUT2D eigenvalue weighted by Crippen LogP contribution is 2.22. The number of halogens is 4. The van der Waals surface area contributed by atoms with Gasteiger partial charge in [-0.05, 0) is 46.0 Å². The smallest absolute Gasteiger partial charge is 0.406 e. The molecule has 25 heavy (non-hydrogen) atoms. The Hall–Kier alpha value is -1.49. The van der Waals surface area contributed by atoms with Crippen molar-refractivity contribution in [3.63, 3.8) is 0 Å². The lowest BCUT2D eigenvalue weighted by Gasteiger charge is -2.12. The number of nitrogens with zero attached hydrogens (tertiary/aromatic N) is 1. The molecular formula is C16H19F3IN3OS. The van der Waals surface area contributed by atoms with Gasteiger partial charge in [0, 0.05) is 6.54 Å². The van der Waals surface area contributed by atoms with Gasteiger partial charge in [-0.15, -0.1) is 37.1 Å². The SMILES string of the molecule is CC(CNC(N)=NCc1ccc(OC(F)(F)F)cc1)c1ccsc1.I. The van der Waals surface area contributed by atoms with E-state index in [9.17, 15) is 13.2 Å². The van der Waals surface area contributed by atoms with Gasteiger partial charge in [0.1, 0.15) is 5.75 Å². The lowest BCUT2D eigenvalue weighted by Crippen LogP contribution is -2.34. The van der Waals surface area contributed by atoms with Gasteiger partial charge in [-0.1, -0.05) is 19.1 Å². The number of ether oxygens (including phenoxy) is 1. The van der Waals surface area contributed by atoms with Crippen LogP contribution in [0.15, 0.2) is 46.1 Å². The summed E-state index contributed by atoms with van der Waals surface area (Å²) < 4.78 is 40.0. The Morgan fingerprint density at radius 2 is 1.96 bits per heavy atom. The summed E-state index contributed by atoms with van der Waals surface area (Å²) in [7, 11) is 0. The van der Waals surface area contributed by atoms with Gasteiger partial charge in [-0.25, -0.2) is 4.99 Å². The number of aliphatic imine (C=N–C) groups is 1. The monoisotopic (exact) mass is 485 g/mol. The van der Waals surface area contributed by atoms with Gasteiger partial charge >= 0.3 is 6.36 Å². The zero-order chi connectivity index (χ0) is 17.6. The lowest BCUT2D eigenvalue weighted by molar-refractivity contribution is -0.274. The minimum absolute atomic E-state index is 0. The maximum Gasteiger partial charge on any atom is 0.573 e. The predicted octanol–water partition coefficient (Wildman–Crippen LogP) is 4.47. The molecule has 0 fully saturated rings. The Kier molecular flexibility index (Phi) is 8.50. The number of nitrogens with one attached hydrogen (secondary N) is 1. The molecule has 0 aliphatic rings. The van der Waals surface area contributed by atoms with Crippen molar-refractivity contribution in [1.29, 1.82) is 0 Å². The molecule has 0 radical (unpaired) electrons. The van der Waals surface area contributed by atoms with Gasteiger partial charge in [-0.3, -0.25) is 0 Å². The first-order valence-corrected chi connectivity index (χ1v) is 8.18. The van der Waals surface area contributed by atoms with E-state index in [2.05, 4.69) is 33.4 Å². The van der Waals surface area contributed by atoms with E-state index in [0.717, 1.165) is 5.56 Å². The third kappa shape index (κ3) is 7.95. The number of benzene rings is 1. The third-order valence-electron chi connectivity index (χ3n) is 3.29. The molecule has 3 N–H and O–H groups in total. The van der Waals surface area contributed by atoms with Crippen molar-refractivity contribution in [3.05, 3.63) is 52.2 Å². The van der Waals surface area contributed by atoms with E-state index < -0.39 is 6.36 Å². The largest absolute Gasteiger partial charge is 0.573 e. The molecule has 1 aromatic heterocycles. The van der Waals surface area contributed by atoms with Gasteiger partial charge in [0.25, 0.3) is 0 Å². The highest BCUT2D eigenvalue weighted by atomic mass is 127. The number of guanidine groups is 1. The van der Waals surface area contributed by atoms with Crippen LogP contribution < -0.4 is 15.8 Å². The zero-order valence-electron chi connectivity index (χ0n) is 13.4. The van der Waals surface area contributed by atoms with Gasteiger partial charge in [0.2, 0.25) is 0 Å². The summed E-state index contributed by atoms with van der Waals surface area (Å²) in [5.74, 6) is 0.349. The van der Waals surface area contributed by atoms with Crippen molar-refractivity contribution < 1.29 is 17.9 Å². The summed E-state index contributed by atoms with van der Waals surface area (Å²) in [6.07, 6.45) is -4.69. The Bertz CT molecular complexity index is 660. The molecule has 1 heterocycles. The van der Waals surface area contributed by atoms with Gasteiger partial charge < -0.3 is 15.8 Å². The first-order valence-electron chi connectivity index (χ1n) is 7.24. The Morgan fingerprint density at radius 3 is 2.52 bits per heavy atom. The molecule has 9 heteroatoms. The average molecular weight is 485 g/mol. The van der Waals surface area contributed by atoms with Crippen LogP contribution >= 0.6 is 35.3 Å². The van der Waals surface area contributed by atoms with E-state index in [1.54, 1.807) is 11.3 Å². The second-order valence-electron chi connectivity index (χ2n) is 5.23. The molecule has 1 atom stereocenters. The molecule has 0 saturated heterocycles. The third-order valence-corrected chi connectivity index (χ3v) is 3.99. The Labute approximate surface area is 165 Å². The number of nitrogens with two attached hydrogens (primary N) is 1. The summed E-state index contributed by atoms with van der Waals surface area (Å²) in [6, 6.07) is 7.60. The molecule has 0 saturated carbocycles. The molecule has 2 aromatic rings. The van der Waals surface area contributed by atoms with E-state index >= 15 is 0 Å². The van der Waals surface area contributed by atoms with Crippen LogP contribution in [0.3, 0.4) is 0 Å². The fraction of sp³-hybridized carbons (Fsp3) is 0.312. The molecule has 0 amide bonds. The number of alkyl halides is 3. The minimum atomic E-state index is -4.69. The van der Waals surface area contributed by atoms with Gasteiger partial charge in [0.05, 0.1) is 6.54 Å². The number of hydrogen-bond acceptors (Lipinski definition) is 3. The summed E-state index contributed by atoms with van der Waals surface area (Å²) >= 11 is 1.64. The molecule has 4 nitrogen and oxygen atoms in total. The second kappa shape index (κ2) is 9.85. The normalized spacial score (nSPS) is 13.0. The molecular weight excluding hydrogens is 466 g/mol. The van der Waals surface area contributed by atoms with Crippen molar-refractivity contribution in [1.82, 2.24) is 5.32 Å². The van der Waals surface area contributed by atoms with Crippen LogP contribution in [0.2, 0.25) is 0 Å². The maximum absolute atomic E-state index is 12.1. The first-order chi connectivity index (χ1) is 11.3. The zero-order valence-corrected chi connectivity index (χ0v) is 16.6. The molecule has 0 bridgehead atoms. The maximum atomic E-state index is 12.1. The van der Waals surface area contributed by atoms with Gasteiger partial charge in [0.15, 0.2) is 5.96 Å². The lowest BCUT2D eigenvalue weighted by atomic mass is 10.1. The minimum Gasteiger partial charge on any atom is -0.406 e. The summed E-state index contributed by atoms with van der Waals surface area (Å²) in [6.45, 7) is 3.02. The Morgan fingerprint density at radius 1 is 1.28 bits per heavy atom. The van der Waals surface area contributed by atoms with Crippen LogP contribution in [0.5, 0.6) is 5.75 Å². The number of rotatable bonds is 6. The predicted molar refractivity (Wildman–Crippen MR) is 105 cm³/mol. The van der Waals surface area contributed by atoms with Crippen LogP contribution in [0.1, 0.15) is 24.0 Å². The van der Waals surface area contributed by atoms with Crippen LogP contribution in [-0.2, 0) is 6.54 Å². The first kappa shape index (κ1) is 21.6. The molecule has 2 rings (SSSR count). The Balaban J connectivity index is 0.00000312. The van der Waals surface area contributed by atoms with Crippen molar-refractivity contribution in [2.24, 2.45) is 10.7 Å². The standard InChI is InChI=1S/C16H18F3N3OS.HI/c1-11(13-6-7-24-10-13)8-21-15(20)22-9-12-2-4-14(5-3-12)23-16(17,18)19;/h2-7,10-11H,8-9H2,1H3,(H3,20,21,22);1H. The topological polar surface area (TPSA) is 59.6 Å². The van der Waals surface area contributed by atoms with E-state index in [0.29, 0.717) is 18.4 Å². The summed E-state index contributed by atoms with van der Waals surface area (Å²) in [5.41, 5.74) is 7.78. The molecule has 0 spiro atoms. The molecule has 138 valence electrons. The quantitative estimate of drug-likeness (QED) is 0.361. The van der Waals surface area contributed by atoms with Crippen molar-refractivity contribution >= 4 is 41.3 Å². The molecule has 1 aromatic carbocycles. The van der Waals surface area contributed by atoms with E-state index in [4.69, 9.17) is 5.73 Å². The van der Waals surface area contributed by atoms with Crippen LogP contribution in [0, 0.1) is 0 Å². The van der Waals surface area contributed by atoms with Crippen LogP contribution in [-0.4, -0.2) is 18.9 Å². The van der Waals surface area contributed by atoms with Crippen LogP contribution in [0.25, 0.3) is 0 Å². The van der Waals surface area contributed by atoms with Gasteiger partial charge in [-0.2, -0.15) is 11.3 Å². The molecule has 0 aliphatic carbocycles.